The van der Waals surface area contributed by atoms with Crippen molar-refractivity contribution >= 4 is 70.9 Å². The number of aliphatic hydroxyl groups is 5. The molecular weight excluding hydrogens is 1300 g/mol. The van der Waals surface area contributed by atoms with Crippen LogP contribution in [0.3, 0.4) is 0 Å². The summed E-state index contributed by atoms with van der Waals surface area (Å²) in [6, 6.07) is 14.0. The van der Waals surface area contributed by atoms with E-state index in [0.717, 1.165) is 44.2 Å². The van der Waals surface area contributed by atoms with Gasteiger partial charge in [-0.1, -0.05) is 79.6 Å². The number of carbonyl (C=O) groups is 4. The Morgan fingerprint density at radius 1 is 0.813 bits per heavy atom. The Morgan fingerprint density at radius 3 is 2.11 bits per heavy atom. The van der Waals surface area contributed by atoms with Gasteiger partial charge in [-0.3, -0.25) is 14.3 Å². The summed E-state index contributed by atoms with van der Waals surface area (Å²) in [5.41, 5.74) is 0.430. The first-order valence-electron chi connectivity index (χ1n) is 28.1. The minimum absolute atomic E-state index is 0. The van der Waals surface area contributed by atoms with E-state index in [2.05, 4.69) is 21.7 Å². The van der Waals surface area contributed by atoms with Crippen LogP contribution in [0, 0.1) is 23.8 Å². The van der Waals surface area contributed by atoms with Gasteiger partial charge in [0.1, 0.15) is 62.6 Å². The van der Waals surface area contributed by atoms with Crippen molar-refractivity contribution in [1.29, 1.82) is 0 Å². The summed E-state index contributed by atoms with van der Waals surface area (Å²) in [5, 5.41) is 77.6. The maximum absolute atomic E-state index is 14.2. The minimum atomic E-state index is -5.33. The number of hydrogen-bond acceptors (Lipinski definition) is 27. The molecule has 15 atom stereocenters. The van der Waals surface area contributed by atoms with Gasteiger partial charge in [0.2, 0.25) is 5.91 Å². The summed E-state index contributed by atoms with van der Waals surface area (Å²) in [7, 11) is -13.6. The number of unbranched alkanes of at least 4 members (excludes halogenated alkanes) is 1. The maximum atomic E-state index is 14.2. The molecule has 2 aliphatic heterocycles. The first-order chi connectivity index (χ1) is 41.1. The molecule has 3 aromatic carbocycles. The Bertz CT molecular complexity index is 3390. The number of nitrogens with zero attached hydrogens (tertiary/aromatic N) is 3. The normalized spacial score (nSPS) is 27.1. The number of carboxylic acids is 1. The zero-order chi connectivity index (χ0) is 63.5. The van der Waals surface area contributed by atoms with Crippen LogP contribution in [0.25, 0.3) is 10.8 Å². The number of ketones is 1. The summed E-state index contributed by atoms with van der Waals surface area (Å²) >= 11 is 0. The maximum Gasteiger partial charge on any atom is 1.00 e. The fraction of sp³-hybridized carbons (Fsp3) is 0.600. The fourth-order valence-electron chi connectivity index (χ4n) is 11.4. The number of benzene rings is 3. The number of aliphatic hydroxyl groups excluding tert-OH is 5. The number of amides is 1. The molecule has 2 saturated heterocycles. The third-order valence-corrected chi connectivity index (χ3v) is 17.5. The van der Waals surface area contributed by atoms with Crippen molar-refractivity contribution in [2.75, 3.05) is 11.9 Å². The van der Waals surface area contributed by atoms with Crippen molar-refractivity contribution < 1.29 is 235 Å². The smallest absolute Gasteiger partial charge is 0.744 e. The molecule has 2 aliphatic carbocycles. The standard InChI is InChI=1S/C55H71N4O22S2.4Na.O3S/c1-29-22-34(38(61)19-10-9-17-35-27-59(58-57-35)21-20-43(62)56-37-18-11-16-33-24-36(82(70,71)72)26-42(44(33)37)83(73,74)75)25-39(49(29)81-54-48(66)47(65)45(63)30(2)76-54)78-55-51(80-53(69)32-14-7-4-8-15-32)50(46(64)41(28-60)79-55)77-40(52(67)68)23-31-12-5-3-6-13-31;;;;;1-4(2)3/h4,7-8,14-16,18,24,26-27,29-31,34,39-41,45-51,54-55,60,63-66H,3,5-6,9-10,12-13,17,19-23,25,28H2,1-2H3,(H,56,62)(H,67,68)(H,70,71,72)(H,73,74,75);;;;;/q-1;4*+1;/p-3/t29?,30?,34?,39?,40-,41?,45?,46?,47?,48?,49?,50?,51?,54?,55?;;;;;/m0...../s1. The molecule has 0 bridgehead atoms. The van der Waals surface area contributed by atoms with Gasteiger partial charge in [0.15, 0.2) is 18.7 Å². The van der Waals surface area contributed by atoms with Crippen LogP contribution in [0.5, 0.6) is 0 Å². The van der Waals surface area contributed by atoms with Gasteiger partial charge in [-0.25, -0.2) is 21.6 Å². The van der Waals surface area contributed by atoms with E-state index in [1.807, 2.05) is 0 Å². The molecule has 0 radical (unpaired) electrons. The number of ether oxygens (including phenoxy) is 6. The molecule has 36 heteroatoms. The molecule has 3 heterocycles. The monoisotopic (exact) mass is 1370 g/mol. The van der Waals surface area contributed by atoms with Gasteiger partial charge < -0.3 is 78.3 Å². The Labute approximate surface area is 615 Å². The number of nitrogens with one attached hydrogen (secondary N) is 1. The van der Waals surface area contributed by atoms with Crippen molar-refractivity contribution in [3.05, 3.63) is 78.1 Å². The number of anilines is 1. The number of aliphatic carboxylic acids is 1. The average molecular weight is 1370 g/mol. The predicted molar refractivity (Wildman–Crippen MR) is 290 cm³/mol. The van der Waals surface area contributed by atoms with E-state index >= 15 is 0 Å². The second-order valence-electron chi connectivity index (χ2n) is 22.0. The Hall–Kier alpha value is -1.82. The first kappa shape index (κ1) is 83.4. The van der Waals surface area contributed by atoms with Gasteiger partial charge in [0.05, 0.1) is 54.8 Å². The Kier molecular flexibility index (Phi) is 35.2. The number of aryl methyl sites for hydroxylation is 2. The van der Waals surface area contributed by atoms with Crippen molar-refractivity contribution in [2.45, 2.75) is 193 Å². The van der Waals surface area contributed by atoms with Crippen LogP contribution in [0.2, 0.25) is 0 Å². The predicted octanol–water partition coefficient (Wildman–Crippen LogP) is -12.2. The van der Waals surface area contributed by atoms with Crippen LogP contribution in [0.15, 0.2) is 70.6 Å². The van der Waals surface area contributed by atoms with Crippen LogP contribution >= 0.6 is 0 Å². The Morgan fingerprint density at radius 2 is 1.48 bits per heavy atom. The van der Waals surface area contributed by atoms with E-state index in [0.29, 0.717) is 31.0 Å². The van der Waals surface area contributed by atoms with Gasteiger partial charge >= 0.3 is 135 Å². The van der Waals surface area contributed by atoms with Crippen LogP contribution in [0.1, 0.15) is 107 Å². The van der Waals surface area contributed by atoms with E-state index in [4.69, 9.17) is 41.0 Å². The van der Waals surface area contributed by atoms with Gasteiger partial charge in [0, 0.05) is 34.7 Å². The van der Waals surface area contributed by atoms with Crippen LogP contribution in [0.4, 0.5) is 5.69 Å². The summed E-state index contributed by atoms with van der Waals surface area (Å²) < 4.78 is 136. The number of carbonyl (C=O) groups excluding carboxylic acids is 4. The average Bonchev–Trinajstić information content (AvgIpc) is 1.07. The Balaban J connectivity index is 0.00000262. The minimum Gasteiger partial charge on any atom is -0.744 e. The first-order valence-corrected chi connectivity index (χ1v) is 31.9. The second kappa shape index (κ2) is 38.4. The number of rotatable bonds is 24. The quantitative estimate of drug-likeness (QED) is 0.0125. The molecule has 4 aliphatic rings. The molecular formula is C55H68N4Na4O25S3. The van der Waals surface area contributed by atoms with E-state index in [1.165, 1.54) is 29.8 Å². The van der Waals surface area contributed by atoms with Crippen molar-refractivity contribution in [3.8, 4) is 0 Å². The number of esters is 1. The van der Waals surface area contributed by atoms with Crippen LogP contribution in [-0.2, 0) is 86.6 Å². The summed E-state index contributed by atoms with van der Waals surface area (Å²) in [6.07, 6.45) is -12.5. The summed E-state index contributed by atoms with van der Waals surface area (Å²) in [5.74, 6) is -4.61. The number of Topliss-reactive ketones (excluding diaryl/α,β-unsaturated/α-hetero) is 1. The largest absolute Gasteiger partial charge is 1.00 e. The molecule has 1 aromatic heterocycles. The molecule has 0 spiro atoms. The van der Waals surface area contributed by atoms with E-state index in [-0.39, 0.29) is 191 Å². The molecule has 4 aromatic rings. The molecule has 91 heavy (non-hydrogen) atoms. The number of carboxylic acid groups (broad SMARTS) is 1. The van der Waals surface area contributed by atoms with E-state index in [1.54, 1.807) is 31.3 Å². The molecule has 6 N–H and O–H groups in total. The van der Waals surface area contributed by atoms with Crippen molar-refractivity contribution in [3.63, 3.8) is 0 Å². The fourth-order valence-corrected chi connectivity index (χ4v) is 12.7. The third-order valence-electron chi connectivity index (χ3n) is 15.8. The molecule has 1 amide bonds. The van der Waals surface area contributed by atoms with E-state index in [9.17, 15) is 75.8 Å². The van der Waals surface area contributed by atoms with Gasteiger partial charge in [0.25, 0.3) is 0 Å². The molecule has 14 unspecified atom stereocenters. The summed E-state index contributed by atoms with van der Waals surface area (Å²) in [4.78, 5) is 52.0. The number of hydrogen-bond donors (Lipinski definition) is 6. The summed E-state index contributed by atoms with van der Waals surface area (Å²) in [6.45, 7) is 2.41. The molecule has 4 fully saturated rings. The SMILES string of the molecule is CC1CC(C(=O)CCCCc2cn(CCC(=O)Nc3c[c-]cc4cc(S(=O)(=O)[O-])cc(S(=O)(=O)[O-])c34)nn2)CC(OC2OC(CO)C(O)C(O[C@@H](CC3CCCCC3)C(=O)[O-])C2OC(=O)c2ccccc2)C1OC1OC(C)C(O)C(O)C1O.O=S(=O)=O.[Na+].[Na+].[Na+].[Na+]. The zero-order valence-electron chi connectivity index (χ0n) is 51.1. The van der Waals surface area contributed by atoms with Gasteiger partial charge in [-0.15, -0.1) is 23.1 Å². The third kappa shape index (κ3) is 23.4. The van der Waals surface area contributed by atoms with Crippen molar-refractivity contribution in [2.24, 2.45) is 17.8 Å². The van der Waals surface area contributed by atoms with Crippen LogP contribution < -0.4 is 129 Å². The molecule has 2 saturated carbocycles. The molecule has 480 valence electrons. The second-order valence-corrected chi connectivity index (χ2v) is 25.1. The molecule has 29 nitrogen and oxygen atoms in total. The number of aromatic nitrogens is 3. The topological polar surface area (TPSA) is 456 Å². The molecule has 8 rings (SSSR count). The van der Waals surface area contributed by atoms with E-state index < -0.39 is 157 Å². The van der Waals surface area contributed by atoms with Gasteiger partial charge in [-0.2, -0.15) is 18.2 Å². The van der Waals surface area contributed by atoms with Crippen LogP contribution in [-0.4, -0.2) is 189 Å². The van der Waals surface area contributed by atoms with Gasteiger partial charge in [-0.05, 0) is 75.5 Å². The zero-order valence-corrected chi connectivity index (χ0v) is 61.5. The number of fused-ring (bicyclic) bond motifs is 1. The van der Waals surface area contributed by atoms with Crippen molar-refractivity contribution in [1.82, 2.24) is 15.0 Å².